The molecule has 0 fully saturated rings. The Balaban J connectivity index is 1.82. The van der Waals surface area contributed by atoms with Crippen LogP contribution in [0.4, 0.5) is 5.82 Å². The minimum absolute atomic E-state index is 0.214. The number of methoxy groups -OCH3 is 1. The molecule has 0 unspecified atom stereocenters. The highest BCUT2D eigenvalue weighted by atomic mass is 16.5. The lowest BCUT2D eigenvalue weighted by atomic mass is 10.2. The van der Waals surface area contributed by atoms with Gasteiger partial charge in [0.25, 0.3) is 11.8 Å². The van der Waals surface area contributed by atoms with E-state index in [1.165, 1.54) is 0 Å². The van der Waals surface area contributed by atoms with E-state index in [9.17, 15) is 0 Å². The van der Waals surface area contributed by atoms with E-state index in [4.69, 9.17) is 14.9 Å². The maximum absolute atomic E-state index is 6.00. The maximum atomic E-state index is 6.00. The van der Waals surface area contributed by atoms with Gasteiger partial charge in [0.2, 0.25) is 0 Å². The van der Waals surface area contributed by atoms with Crippen LogP contribution in [0.1, 0.15) is 0 Å². The highest BCUT2D eigenvalue weighted by Gasteiger charge is 2.18. The maximum Gasteiger partial charge on any atom is 0.270 e. The zero-order valence-corrected chi connectivity index (χ0v) is 12.8. The first-order valence-corrected chi connectivity index (χ1v) is 7.26. The summed E-state index contributed by atoms with van der Waals surface area (Å²) >= 11 is 0. The van der Waals surface area contributed by atoms with Crippen LogP contribution in [0.2, 0.25) is 0 Å². The number of rotatable bonds is 3. The molecule has 0 bridgehead atoms. The van der Waals surface area contributed by atoms with Crippen molar-refractivity contribution in [2.24, 2.45) is 0 Å². The van der Waals surface area contributed by atoms with Crippen LogP contribution in [0.5, 0.6) is 5.75 Å². The molecule has 0 spiro atoms. The normalized spacial score (nSPS) is 10.9. The van der Waals surface area contributed by atoms with Gasteiger partial charge >= 0.3 is 0 Å². The van der Waals surface area contributed by atoms with Gasteiger partial charge in [0, 0.05) is 0 Å². The lowest BCUT2D eigenvalue weighted by molar-refractivity contribution is 0.414. The minimum atomic E-state index is 0.214. The third-order valence-electron chi connectivity index (χ3n) is 3.56. The smallest absolute Gasteiger partial charge is 0.270 e. The van der Waals surface area contributed by atoms with Crippen LogP contribution in [0.15, 0.2) is 52.9 Å². The van der Waals surface area contributed by atoms with Crippen LogP contribution < -0.4 is 10.5 Å². The van der Waals surface area contributed by atoms with Gasteiger partial charge in [-0.3, -0.25) is 0 Å². The molecular weight excluding hydrogens is 306 g/mol. The molecule has 118 valence electrons. The molecule has 0 aliphatic heterocycles. The Kier molecular flexibility index (Phi) is 3.31. The predicted molar refractivity (Wildman–Crippen MR) is 89.2 cm³/mol. The number of hydrogen-bond acceptors (Lipinski definition) is 7. The van der Waals surface area contributed by atoms with Crippen LogP contribution in [-0.2, 0) is 0 Å². The second kappa shape index (κ2) is 5.62. The Morgan fingerprint density at radius 1 is 0.875 bits per heavy atom. The van der Waals surface area contributed by atoms with Crippen molar-refractivity contribution in [3.63, 3.8) is 0 Å². The van der Waals surface area contributed by atoms with Gasteiger partial charge in [-0.15, -0.1) is 10.2 Å². The zero-order chi connectivity index (χ0) is 16.5. The van der Waals surface area contributed by atoms with Gasteiger partial charge in [-0.2, -0.15) is 0 Å². The Morgan fingerprint density at radius 2 is 1.54 bits per heavy atom. The SMILES string of the molecule is COc1ccccc1-c1nnc(-c2nc3ccccc3nc2N)o1. The van der Waals surface area contributed by atoms with E-state index in [1.54, 1.807) is 7.11 Å². The molecule has 0 saturated carbocycles. The third kappa shape index (κ3) is 2.32. The number of nitrogen functional groups attached to an aromatic ring is 1. The van der Waals surface area contributed by atoms with E-state index in [2.05, 4.69) is 20.2 Å². The van der Waals surface area contributed by atoms with Crippen LogP contribution in [0.25, 0.3) is 34.1 Å². The van der Waals surface area contributed by atoms with Crippen LogP contribution in [-0.4, -0.2) is 27.3 Å². The number of anilines is 1. The van der Waals surface area contributed by atoms with Crippen molar-refractivity contribution in [2.45, 2.75) is 0 Å². The predicted octanol–water partition coefficient (Wildman–Crippen LogP) is 2.94. The monoisotopic (exact) mass is 319 g/mol. The Bertz CT molecular complexity index is 1030. The molecular formula is C17H13N5O2. The van der Waals surface area contributed by atoms with Gasteiger partial charge in [0.05, 0.1) is 23.7 Å². The minimum Gasteiger partial charge on any atom is -0.496 e. The second-order valence-electron chi connectivity index (χ2n) is 5.06. The molecule has 2 N–H and O–H groups in total. The lowest BCUT2D eigenvalue weighted by Crippen LogP contribution is -1.98. The molecule has 0 amide bonds. The topological polar surface area (TPSA) is 100.0 Å². The summed E-state index contributed by atoms with van der Waals surface area (Å²) in [5, 5.41) is 8.12. The molecule has 0 aliphatic rings. The summed E-state index contributed by atoms with van der Waals surface area (Å²) in [6.45, 7) is 0. The van der Waals surface area contributed by atoms with E-state index >= 15 is 0 Å². The summed E-state index contributed by atoms with van der Waals surface area (Å²) in [6.07, 6.45) is 0. The van der Waals surface area contributed by atoms with Crippen LogP contribution >= 0.6 is 0 Å². The number of hydrogen-bond donors (Lipinski definition) is 1. The fourth-order valence-corrected chi connectivity index (χ4v) is 2.42. The van der Waals surface area contributed by atoms with Crippen molar-refractivity contribution in [2.75, 3.05) is 12.8 Å². The van der Waals surface area contributed by atoms with E-state index in [0.29, 0.717) is 33.9 Å². The summed E-state index contributed by atoms with van der Waals surface area (Å²) in [7, 11) is 1.59. The molecule has 4 aromatic rings. The summed E-state index contributed by atoms with van der Waals surface area (Å²) in [4.78, 5) is 8.81. The Hall–Kier alpha value is -3.48. The summed E-state index contributed by atoms with van der Waals surface area (Å²) < 4.78 is 11.1. The van der Waals surface area contributed by atoms with Crippen molar-refractivity contribution in [1.29, 1.82) is 0 Å². The molecule has 0 aliphatic carbocycles. The molecule has 7 nitrogen and oxygen atoms in total. The zero-order valence-electron chi connectivity index (χ0n) is 12.8. The molecule has 2 aromatic heterocycles. The molecule has 0 saturated heterocycles. The fraction of sp³-hybridized carbons (Fsp3) is 0.0588. The van der Waals surface area contributed by atoms with Gasteiger partial charge in [0.15, 0.2) is 11.5 Å². The number of nitrogens with zero attached hydrogens (tertiary/aromatic N) is 4. The molecule has 24 heavy (non-hydrogen) atoms. The number of ether oxygens (including phenoxy) is 1. The third-order valence-corrected chi connectivity index (χ3v) is 3.56. The van der Waals surface area contributed by atoms with Crippen molar-refractivity contribution in [1.82, 2.24) is 20.2 Å². The largest absolute Gasteiger partial charge is 0.496 e. The first kappa shape index (κ1) is 14.1. The quantitative estimate of drug-likeness (QED) is 0.619. The van der Waals surface area contributed by atoms with Crippen molar-refractivity contribution in [3.05, 3.63) is 48.5 Å². The van der Waals surface area contributed by atoms with E-state index in [-0.39, 0.29) is 11.7 Å². The first-order chi connectivity index (χ1) is 11.8. The summed E-state index contributed by atoms with van der Waals surface area (Å²) in [5.41, 5.74) is 8.48. The van der Waals surface area contributed by atoms with Gasteiger partial charge in [-0.05, 0) is 24.3 Å². The number of nitrogens with two attached hydrogens (primary N) is 1. The van der Waals surface area contributed by atoms with Crippen LogP contribution in [0, 0.1) is 0 Å². The molecule has 2 heterocycles. The van der Waals surface area contributed by atoms with Gasteiger partial charge < -0.3 is 14.9 Å². The lowest BCUT2D eigenvalue weighted by Gasteiger charge is -2.04. The van der Waals surface area contributed by atoms with Gasteiger partial charge in [-0.1, -0.05) is 24.3 Å². The van der Waals surface area contributed by atoms with Crippen LogP contribution in [0.3, 0.4) is 0 Å². The fourth-order valence-electron chi connectivity index (χ4n) is 2.42. The van der Waals surface area contributed by atoms with Gasteiger partial charge in [-0.25, -0.2) is 9.97 Å². The molecule has 2 aromatic carbocycles. The summed E-state index contributed by atoms with van der Waals surface area (Å²) in [5.74, 6) is 1.43. The van der Waals surface area contributed by atoms with E-state index < -0.39 is 0 Å². The Morgan fingerprint density at radius 3 is 2.33 bits per heavy atom. The first-order valence-electron chi connectivity index (χ1n) is 7.26. The molecule has 0 radical (unpaired) electrons. The second-order valence-corrected chi connectivity index (χ2v) is 5.06. The molecule has 0 atom stereocenters. The van der Waals surface area contributed by atoms with Gasteiger partial charge in [0.1, 0.15) is 5.75 Å². The average Bonchev–Trinajstić information content (AvgIpc) is 3.10. The van der Waals surface area contributed by atoms with E-state index in [0.717, 1.165) is 0 Å². The number of fused-ring (bicyclic) bond motifs is 1. The average molecular weight is 319 g/mol. The summed E-state index contributed by atoms with van der Waals surface area (Å²) in [6, 6.07) is 14.8. The highest BCUT2D eigenvalue weighted by Crippen LogP contribution is 2.31. The number of benzene rings is 2. The van der Waals surface area contributed by atoms with Crippen molar-refractivity contribution in [3.8, 4) is 28.8 Å². The Labute approximate surface area is 137 Å². The number of para-hydroxylation sites is 3. The van der Waals surface area contributed by atoms with Crippen molar-refractivity contribution < 1.29 is 9.15 Å². The molecule has 4 rings (SSSR count). The standard InChI is InChI=1S/C17H13N5O2/c1-23-13-9-5-2-6-10(13)16-21-22-17(24-16)14-15(18)20-12-8-4-3-7-11(12)19-14/h2-9H,1H3,(H2,18,20). The van der Waals surface area contributed by atoms with E-state index in [1.807, 2.05) is 48.5 Å². The number of aromatic nitrogens is 4. The highest BCUT2D eigenvalue weighted by molar-refractivity contribution is 5.80. The molecule has 7 heteroatoms. The van der Waals surface area contributed by atoms with Crippen molar-refractivity contribution >= 4 is 16.9 Å².